The molecule has 0 aliphatic rings. The van der Waals surface area contributed by atoms with Gasteiger partial charge >= 0.3 is 17.9 Å². The number of aliphatic hydroxyl groups is 1. The maximum Gasteiger partial charge on any atom is 0.323 e. The molecule has 0 fully saturated rings. The van der Waals surface area contributed by atoms with Crippen LogP contribution >= 0.6 is 12.4 Å². The van der Waals surface area contributed by atoms with Crippen LogP contribution in [0.3, 0.4) is 0 Å². The van der Waals surface area contributed by atoms with Crippen LogP contribution in [0.4, 0.5) is 0 Å². The molecule has 0 spiro atoms. The third kappa shape index (κ3) is 64.6. The van der Waals surface area contributed by atoms with Gasteiger partial charge < -0.3 is 29.8 Å². The third-order valence-corrected chi connectivity index (χ3v) is 9.61. The van der Waals surface area contributed by atoms with Gasteiger partial charge in [-0.1, -0.05) is 156 Å². The molecule has 4 unspecified atom stereocenters. The maximum absolute atomic E-state index is 11.5. The number of likely N-dealkylation sites (N-methyl/N-ethyl adjacent to an activating group) is 2. The predicted molar refractivity (Wildman–Crippen MR) is 261 cm³/mol. The third-order valence-electron chi connectivity index (χ3n) is 9.61. The molecule has 376 valence electrons. The molecule has 0 aromatic rings. The maximum atomic E-state index is 11.5. The monoisotopic (exact) mass is 915 g/mol. The van der Waals surface area contributed by atoms with Gasteiger partial charge in [0.05, 0.1) is 19.8 Å². The van der Waals surface area contributed by atoms with Crippen molar-refractivity contribution in [2.75, 3.05) is 54.6 Å². The molecule has 5 N–H and O–H groups in total. The molecule has 62 heavy (non-hydrogen) atoms. The lowest BCUT2D eigenvalue weighted by Crippen LogP contribution is -2.34. The number of aliphatic hydroxyl groups excluding tert-OH is 1. The minimum absolute atomic E-state index is 0. The topological polar surface area (TPSA) is 184 Å². The molecular weight excluding hydrogens is 812 g/mol. The average Bonchev–Trinajstić information content (AvgIpc) is 3.22. The zero-order valence-corrected chi connectivity index (χ0v) is 43.2. The summed E-state index contributed by atoms with van der Waals surface area (Å²) >= 11 is 0. The van der Waals surface area contributed by atoms with Gasteiger partial charge in [-0.15, -0.1) is 12.4 Å². The van der Waals surface area contributed by atoms with Gasteiger partial charge in [-0.2, -0.15) is 0 Å². The Bertz CT molecular complexity index is 870. The molecule has 0 aliphatic carbocycles. The van der Waals surface area contributed by atoms with Crippen LogP contribution in [-0.4, -0.2) is 118 Å². The van der Waals surface area contributed by atoms with E-state index >= 15 is 0 Å². The Labute approximate surface area is 388 Å². The smallest absolute Gasteiger partial charge is 0.323 e. The fourth-order valence-corrected chi connectivity index (χ4v) is 4.94. The first-order chi connectivity index (χ1) is 29.0. The Morgan fingerprint density at radius 3 is 0.952 bits per heavy atom. The number of hydrogen-bond donors (Lipinski definition) is 3. The van der Waals surface area contributed by atoms with Crippen molar-refractivity contribution in [3.05, 3.63) is 0 Å². The van der Waals surface area contributed by atoms with E-state index in [1.165, 1.54) is 122 Å². The first-order valence-corrected chi connectivity index (χ1v) is 24.1. The highest BCUT2D eigenvalue weighted by Gasteiger charge is 2.16. The lowest BCUT2D eigenvalue weighted by atomic mass is 10.1. The first-order valence-electron chi connectivity index (χ1n) is 24.1. The van der Waals surface area contributed by atoms with E-state index in [-0.39, 0.29) is 42.4 Å². The van der Waals surface area contributed by atoms with Gasteiger partial charge in [-0.05, 0) is 81.6 Å². The Balaban J connectivity index is -0.000000163. The van der Waals surface area contributed by atoms with E-state index in [0.717, 1.165) is 32.1 Å². The number of unbranched alkanes of at least 4 members (excludes halogenated alkanes) is 20. The Morgan fingerprint density at radius 2 is 0.742 bits per heavy atom. The van der Waals surface area contributed by atoms with E-state index in [0.29, 0.717) is 32.9 Å². The second kappa shape index (κ2) is 59.0. The normalized spacial score (nSPS) is 12.1. The van der Waals surface area contributed by atoms with Gasteiger partial charge in [0, 0.05) is 6.61 Å². The van der Waals surface area contributed by atoms with Crippen LogP contribution in [-0.2, 0) is 38.1 Å². The second-order valence-electron chi connectivity index (χ2n) is 16.3. The fourth-order valence-electron chi connectivity index (χ4n) is 4.94. The molecule has 0 aromatic heterocycles. The van der Waals surface area contributed by atoms with Crippen LogP contribution in [0.5, 0.6) is 0 Å². The molecule has 0 saturated carbocycles. The van der Waals surface area contributed by atoms with Crippen LogP contribution in [0.2, 0.25) is 0 Å². The standard InChI is InChI=1S/2C13H27NO2.C11H23NO2.C8H18O.C3H7NO2.ClH/c2*1-5-6-7-8-9-10-11-16-13(15)12(2)14(3)4;1-3-4-5-6-7-8-9-14-11(13)10(2)12;1-2-3-4-5-6-7-8-9;1-3(4)6-2-5;/h2*12H,5-11H2,1-4H3;10H,3-9,12H2,1-2H3;9H,2-8H2,1H3;2-3H,4H2,1H3;1H. The van der Waals surface area contributed by atoms with E-state index in [1.807, 2.05) is 51.8 Å². The summed E-state index contributed by atoms with van der Waals surface area (Å²) < 4.78 is 19.5. The highest BCUT2D eigenvalue weighted by atomic mass is 35.5. The van der Waals surface area contributed by atoms with E-state index in [4.69, 9.17) is 30.8 Å². The zero-order valence-electron chi connectivity index (χ0n) is 42.4. The van der Waals surface area contributed by atoms with Crippen molar-refractivity contribution >= 4 is 36.8 Å². The molecule has 0 rings (SSSR count). The summed E-state index contributed by atoms with van der Waals surface area (Å²) in [5.74, 6) is -0.518. The van der Waals surface area contributed by atoms with Crippen molar-refractivity contribution in [2.45, 2.75) is 234 Å². The molecule has 4 atom stereocenters. The summed E-state index contributed by atoms with van der Waals surface area (Å²) in [5.41, 5.74) is 10.3. The van der Waals surface area contributed by atoms with Crippen molar-refractivity contribution in [1.82, 2.24) is 9.80 Å². The predicted octanol–water partition coefficient (Wildman–Crippen LogP) is 10.1. The van der Waals surface area contributed by atoms with Crippen LogP contribution in [0.15, 0.2) is 0 Å². The Morgan fingerprint density at radius 1 is 0.484 bits per heavy atom. The van der Waals surface area contributed by atoms with Gasteiger partial charge in [0.1, 0.15) is 24.4 Å². The van der Waals surface area contributed by atoms with Gasteiger partial charge in [0.2, 0.25) is 0 Å². The molecule has 13 nitrogen and oxygen atoms in total. The lowest BCUT2D eigenvalue weighted by molar-refractivity contribution is -0.149. The largest absolute Gasteiger partial charge is 0.465 e. The van der Waals surface area contributed by atoms with Gasteiger partial charge in [0.15, 0.2) is 0 Å². The number of hydrogen-bond acceptors (Lipinski definition) is 13. The highest BCUT2D eigenvalue weighted by molar-refractivity contribution is 5.85. The second-order valence-corrected chi connectivity index (χ2v) is 16.3. The zero-order chi connectivity index (χ0) is 47.5. The number of nitrogens with two attached hydrogens (primary N) is 2. The minimum atomic E-state index is -0.491. The van der Waals surface area contributed by atoms with Crippen LogP contribution < -0.4 is 11.5 Å². The molecule has 0 radical (unpaired) electrons. The molecule has 0 aromatic carbocycles. The molecule has 0 saturated heterocycles. The number of carbonyl (C=O) groups is 4. The first kappa shape index (κ1) is 71.6. The molecule has 14 heteroatoms. The lowest BCUT2D eigenvalue weighted by Gasteiger charge is -2.17. The number of ether oxygens (including phenoxy) is 4. The van der Waals surface area contributed by atoms with Crippen molar-refractivity contribution in [3.63, 3.8) is 0 Å². The van der Waals surface area contributed by atoms with E-state index < -0.39 is 12.3 Å². The number of esters is 3. The fraction of sp³-hybridized carbons (Fsp3) is 0.917. The quantitative estimate of drug-likeness (QED) is 0.0182. The molecular formula is C48H103ClN4O9. The van der Waals surface area contributed by atoms with Crippen LogP contribution in [0.1, 0.15) is 209 Å². The van der Waals surface area contributed by atoms with E-state index in [2.05, 4.69) is 32.4 Å². The van der Waals surface area contributed by atoms with Gasteiger partial charge in [0.25, 0.3) is 6.47 Å². The van der Waals surface area contributed by atoms with Crippen molar-refractivity contribution in [1.29, 1.82) is 0 Å². The number of nitrogens with zero attached hydrogens (tertiary/aromatic N) is 2. The SMILES string of the molecule is CC(N)OC=O.CCCCCCCCO.CCCCCCCCOC(=O)C(C)N.CCCCCCCCOC(=O)C(C)N(C)C.CCCCCCCCOC(=O)C(C)N(C)C.Cl. The minimum Gasteiger partial charge on any atom is -0.465 e. The summed E-state index contributed by atoms with van der Waals surface area (Å²) in [6, 6.07) is -0.768. The van der Waals surface area contributed by atoms with Crippen molar-refractivity contribution in [2.24, 2.45) is 11.5 Å². The van der Waals surface area contributed by atoms with E-state index in [9.17, 15) is 19.2 Å². The van der Waals surface area contributed by atoms with Gasteiger partial charge in [-0.3, -0.25) is 34.7 Å². The molecule has 0 aliphatic heterocycles. The van der Waals surface area contributed by atoms with Gasteiger partial charge in [-0.25, -0.2) is 0 Å². The molecule has 0 amide bonds. The van der Waals surface area contributed by atoms with E-state index in [1.54, 1.807) is 13.8 Å². The number of halogens is 1. The highest BCUT2D eigenvalue weighted by Crippen LogP contribution is 2.08. The summed E-state index contributed by atoms with van der Waals surface area (Å²) in [7, 11) is 7.54. The summed E-state index contributed by atoms with van der Waals surface area (Å²) in [6.45, 7) is 18.1. The summed E-state index contributed by atoms with van der Waals surface area (Å²) in [6.07, 6.45) is 28.9. The molecule has 0 heterocycles. The summed E-state index contributed by atoms with van der Waals surface area (Å²) in [4.78, 5) is 46.9. The Hall–Kier alpha value is -2.03. The number of rotatable bonds is 34. The van der Waals surface area contributed by atoms with Crippen molar-refractivity contribution in [3.8, 4) is 0 Å². The Kier molecular flexibility index (Phi) is 68.1. The molecule has 0 bridgehead atoms. The van der Waals surface area contributed by atoms with Crippen LogP contribution in [0, 0.1) is 0 Å². The van der Waals surface area contributed by atoms with Crippen molar-refractivity contribution < 1.29 is 43.2 Å². The number of carbonyl (C=O) groups excluding carboxylic acids is 4. The van der Waals surface area contributed by atoms with Crippen LogP contribution in [0.25, 0.3) is 0 Å². The average molecular weight is 916 g/mol. The summed E-state index contributed by atoms with van der Waals surface area (Å²) in [5, 5.41) is 8.42.